The number of amides is 1. The summed E-state index contributed by atoms with van der Waals surface area (Å²) in [6.07, 6.45) is 1.78. The third-order valence-corrected chi connectivity index (χ3v) is 5.22. The van der Waals surface area contributed by atoms with Crippen LogP contribution in [0.1, 0.15) is 28.8 Å². The minimum absolute atomic E-state index is 0.0106. The Balaban J connectivity index is 1.63. The van der Waals surface area contributed by atoms with Crippen molar-refractivity contribution >= 4 is 11.6 Å². The van der Waals surface area contributed by atoms with Crippen LogP contribution in [0.15, 0.2) is 36.4 Å². The van der Waals surface area contributed by atoms with Gasteiger partial charge < -0.3 is 24.4 Å². The largest absolute Gasteiger partial charge is 0.497 e. The van der Waals surface area contributed by atoms with Gasteiger partial charge in [0.25, 0.3) is 5.91 Å². The molecule has 0 spiro atoms. The van der Waals surface area contributed by atoms with E-state index in [2.05, 4.69) is 5.32 Å². The second-order valence-corrected chi connectivity index (χ2v) is 6.95. The number of ether oxygens (including phenoxy) is 3. The van der Waals surface area contributed by atoms with Crippen molar-refractivity contribution in [1.29, 1.82) is 0 Å². The molecule has 1 fully saturated rings. The second-order valence-electron chi connectivity index (χ2n) is 6.95. The molecule has 2 aromatic rings. The molecule has 2 aromatic carbocycles. The van der Waals surface area contributed by atoms with Gasteiger partial charge in [0.05, 0.1) is 21.3 Å². The number of carbonyl (C=O) groups is 1. The maximum atomic E-state index is 13.0. The van der Waals surface area contributed by atoms with Crippen molar-refractivity contribution in [2.45, 2.75) is 25.8 Å². The maximum absolute atomic E-state index is 13.0. The van der Waals surface area contributed by atoms with E-state index in [0.717, 1.165) is 29.8 Å². The Morgan fingerprint density at radius 1 is 1.00 bits per heavy atom. The van der Waals surface area contributed by atoms with Gasteiger partial charge in [-0.2, -0.15) is 0 Å². The highest BCUT2D eigenvalue weighted by atomic mass is 16.5. The molecule has 0 saturated carbocycles. The lowest BCUT2D eigenvalue weighted by Gasteiger charge is -2.33. The molecule has 1 amide bonds. The number of nitrogens with one attached hydrogen (secondary N) is 1. The zero-order chi connectivity index (χ0) is 20.1. The van der Waals surface area contributed by atoms with Gasteiger partial charge >= 0.3 is 0 Å². The second kappa shape index (κ2) is 8.87. The van der Waals surface area contributed by atoms with Crippen LogP contribution < -0.4 is 19.5 Å². The number of hydrogen-bond donors (Lipinski definition) is 1. The lowest BCUT2D eigenvalue weighted by Crippen LogP contribution is -2.42. The Kier molecular flexibility index (Phi) is 6.29. The molecule has 0 aliphatic carbocycles. The summed E-state index contributed by atoms with van der Waals surface area (Å²) < 4.78 is 16.1. The van der Waals surface area contributed by atoms with Crippen LogP contribution in [0.4, 0.5) is 5.69 Å². The number of hydrogen-bond acceptors (Lipinski definition) is 5. The molecule has 1 N–H and O–H groups in total. The molecule has 1 saturated heterocycles. The molecule has 28 heavy (non-hydrogen) atoms. The number of benzene rings is 2. The van der Waals surface area contributed by atoms with E-state index < -0.39 is 0 Å². The molecule has 1 heterocycles. The predicted octanol–water partition coefficient (Wildman–Crippen LogP) is 3.74. The van der Waals surface area contributed by atoms with Crippen molar-refractivity contribution in [3.63, 3.8) is 0 Å². The maximum Gasteiger partial charge on any atom is 0.254 e. The highest BCUT2D eigenvalue weighted by molar-refractivity contribution is 5.95. The molecule has 0 unspecified atom stereocenters. The zero-order valence-electron chi connectivity index (χ0n) is 17.0. The van der Waals surface area contributed by atoms with E-state index in [9.17, 15) is 4.79 Å². The highest BCUT2D eigenvalue weighted by Gasteiger charge is 2.25. The Hall–Kier alpha value is -2.89. The van der Waals surface area contributed by atoms with Crippen molar-refractivity contribution in [3.05, 3.63) is 47.5 Å². The first-order valence-electron chi connectivity index (χ1n) is 9.48. The number of anilines is 1. The molecule has 0 bridgehead atoms. The zero-order valence-corrected chi connectivity index (χ0v) is 17.0. The van der Waals surface area contributed by atoms with E-state index in [1.807, 2.05) is 36.1 Å². The van der Waals surface area contributed by atoms with Gasteiger partial charge in [0, 0.05) is 42.0 Å². The minimum atomic E-state index is 0.0106. The van der Waals surface area contributed by atoms with Crippen LogP contribution in [0.2, 0.25) is 0 Å². The van der Waals surface area contributed by atoms with Gasteiger partial charge in [0.15, 0.2) is 0 Å². The van der Waals surface area contributed by atoms with Crippen molar-refractivity contribution in [1.82, 2.24) is 4.90 Å². The summed E-state index contributed by atoms with van der Waals surface area (Å²) in [5, 5.41) is 3.54. The summed E-state index contributed by atoms with van der Waals surface area (Å²) >= 11 is 0. The van der Waals surface area contributed by atoms with Crippen LogP contribution in [-0.4, -0.2) is 51.3 Å². The predicted molar refractivity (Wildman–Crippen MR) is 110 cm³/mol. The van der Waals surface area contributed by atoms with Gasteiger partial charge in [-0.25, -0.2) is 0 Å². The average molecular weight is 384 g/mol. The molecule has 6 heteroatoms. The first kappa shape index (κ1) is 19.9. The van der Waals surface area contributed by atoms with Gasteiger partial charge in [0.2, 0.25) is 0 Å². The summed E-state index contributed by atoms with van der Waals surface area (Å²) in [4.78, 5) is 14.9. The Morgan fingerprint density at radius 2 is 1.64 bits per heavy atom. The van der Waals surface area contributed by atoms with Gasteiger partial charge in [0.1, 0.15) is 17.2 Å². The van der Waals surface area contributed by atoms with Crippen LogP contribution in [0.5, 0.6) is 17.2 Å². The molecule has 1 aliphatic heterocycles. The Bertz CT molecular complexity index is 804. The van der Waals surface area contributed by atoms with Crippen LogP contribution >= 0.6 is 0 Å². The minimum Gasteiger partial charge on any atom is -0.497 e. The van der Waals surface area contributed by atoms with Gasteiger partial charge in [-0.1, -0.05) is 6.07 Å². The first-order chi connectivity index (χ1) is 13.5. The average Bonchev–Trinajstić information content (AvgIpc) is 2.74. The highest BCUT2D eigenvalue weighted by Crippen LogP contribution is 2.30. The molecule has 0 atom stereocenters. The van der Waals surface area contributed by atoms with Crippen molar-refractivity contribution in [2.24, 2.45) is 0 Å². The molecule has 1 aliphatic rings. The molecular weight excluding hydrogens is 356 g/mol. The molecule has 3 rings (SSSR count). The monoisotopic (exact) mass is 384 g/mol. The smallest absolute Gasteiger partial charge is 0.254 e. The standard InChI is InChI=1S/C22H28N2O4/c1-15-20(27-3)12-16(13-21(15)28-4)22(25)24-10-8-17(9-11-24)23-18-6-5-7-19(14-18)26-2/h5-7,12-14,17,23H,8-11H2,1-4H3. The van der Waals surface area contributed by atoms with Crippen molar-refractivity contribution in [2.75, 3.05) is 39.7 Å². The molecular formula is C22H28N2O4. The first-order valence-corrected chi connectivity index (χ1v) is 9.48. The number of piperidine rings is 1. The molecule has 0 aromatic heterocycles. The Morgan fingerprint density at radius 3 is 2.21 bits per heavy atom. The number of likely N-dealkylation sites (tertiary alicyclic amines) is 1. The van der Waals surface area contributed by atoms with Gasteiger partial charge in [-0.15, -0.1) is 0 Å². The number of rotatable bonds is 6. The van der Waals surface area contributed by atoms with E-state index in [0.29, 0.717) is 36.2 Å². The fraction of sp³-hybridized carbons (Fsp3) is 0.409. The van der Waals surface area contributed by atoms with E-state index in [1.165, 1.54) is 0 Å². The summed E-state index contributed by atoms with van der Waals surface area (Å²) in [6, 6.07) is 11.8. The van der Waals surface area contributed by atoms with Crippen LogP contribution in [0.3, 0.4) is 0 Å². The third kappa shape index (κ3) is 4.32. The van der Waals surface area contributed by atoms with E-state index >= 15 is 0 Å². The Labute approximate surface area is 166 Å². The molecule has 0 radical (unpaired) electrons. The quantitative estimate of drug-likeness (QED) is 0.822. The van der Waals surface area contributed by atoms with Crippen LogP contribution in [-0.2, 0) is 0 Å². The third-order valence-electron chi connectivity index (χ3n) is 5.22. The van der Waals surface area contributed by atoms with E-state index in [4.69, 9.17) is 14.2 Å². The fourth-order valence-corrected chi connectivity index (χ4v) is 3.57. The SMILES string of the molecule is COc1cccc(NC2CCN(C(=O)c3cc(OC)c(C)c(OC)c3)CC2)c1. The van der Waals surface area contributed by atoms with Crippen LogP contribution in [0, 0.1) is 6.92 Å². The fourth-order valence-electron chi connectivity index (χ4n) is 3.57. The summed E-state index contributed by atoms with van der Waals surface area (Å²) in [6.45, 7) is 3.33. The van der Waals surface area contributed by atoms with Crippen molar-refractivity contribution in [3.8, 4) is 17.2 Å². The lowest BCUT2D eigenvalue weighted by atomic mass is 10.0. The number of methoxy groups -OCH3 is 3. The summed E-state index contributed by atoms with van der Waals surface area (Å²) in [5.74, 6) is 2.17. The summed E-state index contributed by atoms with van der Waals surface area (Å²) in [7, 11) is 4.87. The topological polar surface area (TPSA) is 60.0 Å². The molecule has 150 valence electrons. The normalized spacial score (nSPS) is 14.5. The summed E-state index contributed by atoms with van der Waals surface area (Å²) in [5.41, 5.74) is 2.53. The lowest BCUT2D eigenvalue weighted by molar-refractivity contribution is 0.0717. The molecule has 6 nitrogen and oxygen atoms in total. The number of nitrogens with zero attached hydrogens (tertiary/aromatic N) is 1. The van der Waals surface area contributed by atoms with Crippen molar-refractivity contribution < 1.29 is 19.0 Å². The number of carbonyl (C=O) groups excluding carboxylic acids is 1. The van der Waals surface area contributed by atoms with Gasteiger partial charge in [-0.05, 0) is 44.0 Å². The van der Waals surface area contributed by atoms with E-state index in [-0.39, 0.29) is 5.91 Å². The van der Waals surface area contributed by atoms with E-state index in [1.54, 1.807) is 33.5 Å². The van der Waals surface area contributed by atoms with Gasteiger partial charge in [-0.3, -0.25) is 4.79 Å². The van der Waals surface area contributed by atoms with Crippen LogP contribution in [0.25, 0.3) is 0 Å².